The van der Waals surface area contributed by atoms with Crippen molar-refractivity contribution in [1.29, 1.82) is 0 Å². The molecule has 0 saturated carbocycles. The maximum Gasteiger partial charge on any atom is 0.131 e. The van der Waals surface area contributed by atoms with Gasteiger partial charge in [-0.3, -0.25) is 0 Å². The van der Waals surface area contributed by atoms with Crippen LogP contribution < -0.4 is 18.9 Å². The van der Waals surface area contributed by atoms with Crippen LogP contribution in [0.1, 0.15) is 0 Å². The summed E-state index contributed by atoms with van der Waals surface area (Å²) in [6.45, 7) is 0. The third-order valence-corrected chi connectivity index (χ3v) is 5.42. The normalized spacial score (nSPS) is 10.5. The van der Waals surface area contributed by atoms with E-state index in [9.17, 15) is 0 Å². The Labute approximate surface area is 219 Å². The van der Waals surface area contributed by atoms with Gasteiger partial charge in [0.05, 0.1) is 0 Å². The molecule has 0 unspecified atom stereocenters. The van der Waals surface area contributed by atoms with Crippen molar-refractivity contribution in [2.45, 2.75) is 0 Å². The first-order valence-electron chi connectivity index (χ1n) is 11.1. The molecule has 0 heterocycles. The van der Waals surface area contributed by atoms with Gasteiger partial charge in [-0.2, -0.15) is 0 Å². The highest BCUT2D eigenvalue weighted by Gasteiger charge is 2.06. The van der Waals surface area contributed by atoms with Gasteiger partial charge >= 0.3 is 0 Å². The van der Waals surface area contributed by atoms with Crippen LogP contribution in [-0.4, -0.2) is 0 Å². The lowest BCUT2D eigenvalue weighted by Crippen LogP contribution is -1.89. The van der Waals surface area contributed by atoms with Crippen molar-refractivity contribution in [2.75, 3.05) is 0 Å². The minimum absolute atomic E-state index is 0.610. The summed E-state index contributed by atoms with van der Waals surface area (Å²) in [5.41, 5.74) is 0. The van der Waals surface area contributed by atoms with Crippen LogP contribution in [0.2, 0.25) is 10.0 Å². The van der Waals surface area contributed by atoms with Crippen LogP contribution in [0.15, 0.2) is 121 Å². The van der Waals surface area contributed by atoms with Crippen LogP contribution in [0.3, 0.4) is 0 Å². The standard InChI is InChI=1S/C30H20Cl2O4/c31-21-6-1-8-23(16-21)33-25-10-3-12-27(18-25)35-29-14-5-15-30(20-29)36-28-13-4-11-26(19-28)34-24-9-2-7-22(32)17-24/h1-20H. The third-order valence-electron chi connectivity index (χ3n) is 4.95. The predicted molar refractivity (Wildman–Crippen MR) is 143 cm³/mol. The Morgan fingerprint density at radius 1 is 0.306 bits per heavy atom. The monoisotopic (exact) mass is 514 g/mol. The Kier molecular flexibility index (Phi) is 7.27. The first-order chi connectivity index (χ1) is 17.6. The Morgan fingerprint density at radius 2 is 0.528 bits per heavy atom. The molecule has 0 aliphatic carbocycles. The number of ether oxygens (including phenoxy) is 4. The smallest absolute Gasteiger partial charge is 0.131 e. The van der Waals surface area contributed by atoms with Crippen molar-refractivity contribution in [2.24, 2.45) is 0 Å². The minimum Gasteiger partial charge on any atom is -0.457 e. The first-order valence-corrected chi connectivity index (χ1v) is 11.9. The van der Waals surface area contributed by atoms with E-state index in [4.69, 9.17) is 42.1 Å². The van der Waals surface area contributed by atoms with Gasteiger partial charge in [0.1, 0.15) is 46.0 Å². The van der Waals surface area contributed by atoms with Crippen LogP contribution in [0, 0.1) is 0 Å². The van der Waals surface area contributed by atoms with E-state index in [2.05, 4.69) is 0 Å². The molecule has 0 N–H and O–H groups in total. The van der Waals surface area contributed by atoms with E-state index in [1.807, 2.05) is 97.1 Å². The fraction of sp³-hybridized carbons (Fsp3) is 0. The molecule has 0 radical (unpaired) electrons. The second kappa shape index (κ2) is 11.1. The number of benzene rings is 5. The van der Waals surface area contributed by atoms with Crippen LogP contribution in [0.4, 0.5) is 0 Å². The third kappa shape index (κ3) is 6.51. The number of hydrogen-bond acceptors (Lipinski definition) is 4. The molecule has 6 heteroatoms. The van der Waals surface area contributed by atoms with Crippen molar-refractivity contribution in [3.8, 4) is 46.0 Å². The van der Waals surface area contributed by atoms with Gasteiger partial charge < -0.3 is 18.9 Å². The highest BCUT2D eigenvalue weighted by molar-refractivity contribution is 6.31. The van der Waals surface area contributed by atoms with Crippen molar-refractivity contribution in [3.63, 3.8) is 0 Å². The Balaban J connectivity index is 1.26. The molecule has 5 aromatic rings. The Hall–Kier alpha value is -4.12. The van der Waals surface area contributed by atoms with Gasteiger partial charge in [-0.05, 0) is 72.8 Å². The van der Waals surface area contributed by atoms with Gasteiger partial charge in [0.2, 0.25) is 0 Å². The highest BCUT2D eigenvalue weighted by atomic mass is 35.5. The summed E-state index contributed by atoms with van der Waals surface area (Å²) < 4.78 is 23.9. The highest BCUT2D eigenvalue weighted by Crippen LogP contribution is 2.33. The molecule has 5 aromatic carbocycles. The van der Waals surface area contributed by atoms with Gasteiger partial charge in [0, 0.05) is 28.2 Å². The average Bonchev–Trinajstić information content (AvgIpc) is 2.85. The van der Waals surface area contributed by atoms with E-state index in [0.717, 1.165) is 0 Å². The van der Waals surface area contributed by atoms with Crippen molar-refractivity contribution in [3.05, 3.63) is 131 Å². The van der Waals surface area contributed by atoms with Gasteiger partial charge in [-0.25, -0.2) is 0 Å². The number of rotatable bonds is 8. The molecule has 0 amide bonds. The zero-order valence-corrected chi connectivity index (χ0v) is 20.4. The molecule has 178 valence electrons. The Morgan fingerprint density at radius 3 is 0.778 bits per heavy atom. The molecule has 36 heavy (non-hydrogen) atoms. The van der Waals surface area contributed by atoms with E-state index in [-0.39, 0.29) is 0 Å². The molecule has 0 aromatic heterocycles. The topological polar surface area (TPSA) is 36.9 Å². The first kappa shape index (κ1) is 23.6. The molecule has 0 spiro atoms. The molecular weight excluding hydrogens is 495 g/mol. The minimum atomic E-state index is 0.610. The lowest BCUT2D eigenvalue weighted by molar-refractivity contribution is 0.447. The van der Waals surface area contributed by atoms with Crippen LogP contribution in [0.5, 0.6) is 46.0 Å². The van der Waals surface area contributed by atoms with E-state index in [1.165, 1.54) is 0 Å². The molecule has 0 atom stereocenters. The Bertz CT molecular complexity index is 1380. The average molecular weight is 515 g/mol. The summed E-state index contributed by atoms with van der Waals surface area (Å²) in [5, 5.41) is 1.22. The maximum absolute atomic E-state index is 6.05. The van der Waals surface area contributed by atoms with Crippen molar-refractivity contribution in [1.82, 2.24) is 0 Å². The lowest BCUT2D eigenvalue weighted by atomic mass is 10.3. The van der Waals surface area contributed by atoms with Crippen molar-refractivity contribution >= 4 is 23.2 Å². The molecule has 0 fully saturated rings. The number of halogens is 2. The van der Waals surface area contributed by atoms with Crippen molar-refractivity contribution < 1.29 is 18.9 Å². The molecule has 0 saturated heterocycles. The molecule has 4 nitrogen and oxygen atoms in total. The predicted octanol–water partition coefficient (Wildman–Crippen LogP) is 10.2. The SMILES string of the molecule is Clc1cccc(Oc2cccc(Oc3cccc(Oc4cccc(Oc5cccc(Cl)c5)c4)c3)c2)c1. The second-order valence-corrected chi connectivity index (χ2v) is 8.62. The van der Waals surface area contributed by atoms with Gasteiger partial charge in [-0.15, -0.1) is 0 Å². The zero-order valence-electron chi connectivity index (χ0n) is 18.9. The summed E-state index contributed by atoms with van der Waals surface area (Å²) in [6.07, 6.45) is 0. The van der Waals surface area contributed by atoms with Gasteiger partial charge in [-0.1, -0.05) is 53.5 Å². The summed E-state index contributed by atoms with van der Waals surface area (Å²) in [4.78, 5) is 0. The molecule has 0 aliphatic heterocycles. The summed E-state index contributed by atoms with van der Waals surface area (Å²) >= 11 is 12.1. The van der Waals surface area contributed by atoms with E-state index in [1.54, 1.807) is 24.3 Å². The van der Waals surface area contributed by atoms with E-state index < -0.39 is 0 Å². The number of hydrogen-bond donors (Lipinski definition) is 0. The summed E-state index contributed by atoms with van der Waals surface area (Å²) in [6, 6.07) is 36.6. The molecule has 0 bridgehead atoms. The largest absolute Gasteiger partial charge is 0.457 e. The van der Waals surface area contributed by atoms with Gasteiger partial charge in [0.15, 0.2) is 0 Å². The van der Waals surface area contributed by atoms with Crippen LogP contribution in [-0.2, 0) is 0 Å². The second-order valence-electron chi connectivity index (χ2n) is 7.75. The summed E-state index contributed by atoms with van der Waals surface area (Å²) in [5.74, 6) is 5.08. The molecule has 0 aliphatic rings. The maximum atomic E-state index is 6.05. The lowest BCUT2D eigenvalue weighted by Gasteiger charge is -2.12. The fourth-order valence-corrected chi connectivity index (χ4v) is 3.77. The summed E-state index contributed by atoms with van der Waals surface area (Å²) in [7, 11) is 0. The van der Waals surface area contributed by atoms with Crippen LogP contribution >= 0.6 is 23.2 Å². The van der Waals surface area contributed by atoms with E-state index in [0.29, 0.717) is 56.0 Å². The van der Waals surface area contributed by atoms with Crippen LogP contribution in [0.25, 0.3) is 0 Å². The molecular formula is C30H20Cl2O4. The zero-order chi connectivity index (χ0) is 24.7. The fourth-order valence-electron chi connectivity index (χ4n) is 3.41. The van der Waals surface area contributed by atoms with E-state index >= 15 is 0 Å². The molecule has 5 rings (SSSR count). The van der Waals surface area contributed by atoms with Gasteiger partial charge in [0.25, 0.3) is 0 Å². The quantitative estimate of drug-likeness (QED) is 0.206.